The van der Waals surface area contributed by atoms with Crippen molar-refractivity contribution in [2.75, 3.05) is 12.0 Å². The van der Waals surface area contributed by atoms with Crippen LogP contribution in [0, 0.1) is 0 Å². The van der Waals surface area contributed by atoms with Crippen LogP contribution in [0.4, 0.5) is 5.69 Å². The summed E-state index contributed by atoms with van der Waals surface area (Å²) in [5.74, 6) is 0.879. The number of pyridine rings is 1. The summed E-state index contributed by atoms with van der Waals surface area (Å²) in [6.07, 6.45) is 3.72. The molecule has 0 aliphatic carbocycles. The molecule has 2 N–H and O–H groups in total. The molecule has 0 unspecified atom stereocenters. The summed E-state index contributed by atoms with van der Waals surface area (Å²) >= 11 is 1.66. The zero-order valence-electron chi connectivity index (χ0n) is 9.59. The second-order valence-electron chi connectivity index (χ2n) is 3.52. The van der Waals surface area contributed by atoms with Crippen molar-refractivity contribution < 1.29 is 4.74 Å². The van der Waals surface area contributed by atoms with Crippen molar-refractivity contribution in [3.05, 3.63) is 48.3 Å². The lowest BCUT2D eigenvalue weighted by Gasteiger charge is -2.09. The lowest BCUT2D eigenvalue weighted by atomic mass is 10.3. The van der Waals surface area contributed by atoms with Gasteiger partial charge < -0.3 is 10.5 Å². The summed E-state index contributed by atoms with van der Waals surface area (Å²) in [6, 6.07) is 11.5. The Kier molecular flexibility index (Phi) is 3.88. The van der Waals surface area contributed by atoms with E-state index in [0.29, 0.717) is 12.3 Å². The maximum Gasteiger partial charge on any atom is 0.133 e. The van der Waals surface area contributed by atoms with Crippen molar-refractivity contribution in [3.63, 3.8) is 0 Å². The summed E-state index contributed by atoms with van der Waals surface area (Å²) in [4.78, 5) is 5.32. The molecule has 0 bridgehead atoms. The van der Waals surface area contributed by atoms with Crippen molar-refractivity contribution in [2.45, 2.75) is 11.5 Å². The second kappa shape index (κ2) is 5.59. The van der Waals surface area contributed by atoms with Crippen molar-refractivity contribution in [1.29, 1.82) is 0 Å². The van der Waals surface area contributed by atoms with Crippen LogP contribution in [0.1, 0.15) is 5.69 Å². The molecule has 0 aliphatic heterocycles. The molecule has 4 heteroatoms. The minimum Gasteiger partial charge on any atom is -0.486 e. The van der Waals surface area contributed by atoms with E-state index >= 15 is 0 Å². The van der Waals surface area contributed by atoms with Crippen molar-refractivity contribution in [2.24, 2.45) is 0 Å². The van der Waals surface area contributed by atoms with Gasteiger partial charge in [-0.25, -0.2) is 0 Å². The standard InChI is InChI=1S/C13H14N2OS/c1-17-13-5-3-2-4-12(13)16-9-11-8-10(14)6-7-15-11/h2-8H,9H2,1H3,(H2,14,15). The number of thioether (sulfide) groups is 1. The maximum atomic E-state index is 5.73. The number of nitrogens with zero attached hydrogens (tertiary/aromatic N) is 1. The van der Waals surface area contributed by atoms with Gasteiger partial charge in [-0.15, -0.1) is 11.8 Å². The summed E-state index contributed by atoms with van der Waals surface area (Å²) in [5.41, 5.74) is 7.22. The topological polar surface area (TPSA) is 48.1 Å². The van der Waals surface area contributed by atoms with Crippen molar-refractivity contribution in [3.8, 4) is 5.75 Å². The lowest BCUT2D eigenvalue weighted by molar-refractivity contribution is 0.294. The summed E-state index contributed by atoms with van der Waals surface area (Å²) in [7, 11) is 0. The number of rotatable bonds is 4. The minimum absolute atomic E-state index is 0.433. The first kappa shape index (κ1) is 11.8. The molecule has 0 atom stereocenters. The van der Waals surface area contributed by atoms with Gasteiger partial charge in [0.25, 0.3) is 0 Å². The highest BCUT2D eigenvalue weighted by atomic mass is 32.2. The van der Waals surface area contributed by atoms with E-state index in [9.17, 15) is 0 Å². The van der Waals surface area contributed by atoms with Gasteiger partial charge in [0.2, 0.25) is 0 Å². The van der Waals surface area contributed by atoms with Crippen LogP contribution in [0.15, 0.2) is 47.5 Å². The van der Waals surface area contributed by atoms with Crippen LogP contribution in [0.25, 0.3) is 0 Å². The smallest absolute Gasteiger partial charge is 0.133 e. The van der Waals surface area contributed by atoms with Gasteiger partial charge in [-0.1, -0.05) is 12.1 Å². The van der Waals surface area contributed by atoms with Crippen LogP contribution in [-0.4, -0.2) is 11.2 Å². The predicted octanol–water partition coefficient (Wildman–Crippen LogP) is 2.96. The van der Waals surface area contributed by atoms with E-state index in [1.54, 1.807) is 24.0 Å². The first-order valence-corrected chi connectivity index (χ1v) is 6.48. The quantitative estimate of drug-likeness (QED) is 0.843. The van der Waals surface area contributed by atoms with Crippen LogP contribution in [0.5, 0.6) is 5.75 Å². The van der Waals surface area contributed by atoms with Gasteiger partial charge in [0.1, 0.15) is 12.4 Å². The Morgan fingerprint density at radius 1 is 1.29 bits per heavy atom. The fraction of sp³-hybridized carbons (Fsp3) is 0.154. The van der Waals surface area contributed by atoms with E-state index in [1.807, 2.05) is 36.6 Å². The molecular weight excluding hydrogens is 232 g/mol. The van der Waals surface area contributed by atoms with Crippen LogP contribution in [-0.2, 0) is 6.61 Å². The van der Waals surface area contributed by atoms with Crippen LogP contribution in [0.2, 0.25) is 0 Å². The molecule has 2 rings (SSSR count). The van der Waals surface area contributed by atoms with Crippen LogP contribution >= 0.6 is 11.8 Å². The van der Waals surface area contributed by atoms with Crippen LogP contribution < -0.4 is 10.5 Å². The zero-order chi connectivity index (χ0) is 12.1. The van der Waals surface area contributed by atoms with E-state index in [2.05, 4.69) is 4.98 Å². The van der Waals surface area contributed by atoms with Crippen molar-refractivity contribution in [1.82, 2.24) is 4.98 Å². The average molecular weight is 246 g/mol. The number of nitrogens with two attached hydrogens (primary N) is 1. The predicted molar refractivity (Wildman–Crippen MR) is 71.2 cm³/mol. The number of aromatic nitrogens is 1. The normalized spacial score (nSPS) is 10.2. The Morgan fingerprint density at radius 3 is 2.88 bits per heavy atom. The van der Waals surface area contributed by atoms with Gasteiger partial charge in [0.05, 0.1) is 5.69 Å². The second-order valence-corrected chi connectivity index (χ2v) is 4.37. The highest BCUT2D eigenvalue weighted by Gasteiger charge is 2.02. The van der Waals surface area contributed by atoms with E-state index in [4.69, 9.17) is 10.5 Å². The van der Waals surface area contributed by atoms with E-state index in [-0.39, 0.29) is 0 Å². The first-order valence-electron chi connectivity index (χ1n) is 5.26. The molecule has 17 heavy (non-hydrogen) atoms. The maximum absolute atomic E-state index is 5.73. The molecule has 0 spiro atoms. The molecule has 88 valence electrons. The van der Waals surface area contributed by atoms with Crippen LogP contribution in [0.3, 0.4) is 0 Å². The molecular formula is C13H14N2OS. The molecule has 0 aliphatic rings. The van der Waals surface area contributed by atoms with Gasteiger partial charge in [0, 0.05) is 16.8 Å². The Morgan fingerprint density at radius 2 is 2.12 bits per heavy atom. The monoisotopic (exact) mass is 246 g/mol. The number of para-hydroxylation sites is 1. The molecule has 2 aromatic rings. The lowest BCUT2D eigenvalue weighted by Crippen LogP contribution is -1.99. The third-order valence-electron chi connectivity index (χ3n) is 2.29. The highest BCUT2D eigenvalue weighted by molar-refractivity contribution is 7.98. The Hall–Kier alpha value is -1.68. The number of benzene rings is 1. The number of nitrogen functional groups attached to an aromatic ring is 1. The summed E-state index contributed by atoms with van der Waals surface area (Å²) < 4.78 is 5.73. The molecule has 1 aromatic heterocycles. The highest BCUT2D eigenvalue weighted by Crippen LogP contribution is 2.27. The minimum atomic E-state index is 0.433. The Bertz CT molecular complexity index is 502. The molecule has 0 saturated carbocycles. The first-order chi connectivity index (χ1) is 8.29. The molecule has 1 aromatic carbocycles. The third kappa shape index (κ3) is 3.14. The largest absolute Gasteiger partial charge is 0.486 e. The van der Waals surface area contributed by atoms with E-state index in [0.717, 1.165) is 16.3 Å². The molecule has 0 radical (unpaired) electrons. The number of anilines is 1. The molecule has 1 heterocycles. The molecule has 0 amide bonds. The Balaban J connectivity index is 2.07. The van der Waals surface area contributed by atoms with Gasteiger partial charge in [0.15, 0.2) is 0 Å². The number of hydrogen-bond acceptors (Lipinski definition) is 4. The van der Waals surface area contributed by atoms with Gasteiger partial charge in [-0.3, -0.25) is 4.98 Å². The number of ether oxygens (including phenoxy) is 1. The Labute approximate surface area is 105 Å². The average Bonchev–Trinajstić information content (AvgIpc) is 2.37. The summed E-state index contributed by atoms with van der Waals surface area (Å²) in [5, 5.41) is 0. The van der Waals surface area contributed by atoms with Gasteiger partial charge in [-0.2, -0.15) is 0 Å². The molecule has 3 nitrogen and oxygen atoms in total. The third-order valence-corrected chi connectivity index (χ3v) is 3.06. The van der Waals surface area contributed by atoms with Gasteiger partial charge in [-0.05, 0) is 30.5 Å². The van der Waals surface area contributed by atoms with Crippen molar-refractivity contribution >= 4 is 17.4 Å². The molecule has 0 saturated heterocycles. The summed E-state index contributed by atoms with van der Waals surface area (Å²) in [6.45, 7) is 0.433. The fourth-order valence-electron chi connectivity index (χ4n) is 1.47. The fourth-order valence-corrected chi connectivity index (χ4v) is 2.01. The SMILES string of the molecule is CSc1ccccc1OCc1cc(N)ccn1. The number of hydrogen-bond donors (Lipinski definition) is 1. The van der Waals surface area contributed by atoms with E-state index in [1.165, 1.54) is 0 Å². The zero-order valence-corrected chi connectivity index (χ0v) is 10.4. The van der Waals surface area contributed by atoms with Gasteiger partial charge >= 0.3 is 0 Å². The molecule has 0 fully saturated rings. The van der Waals surface area contributed by atoms with E-state index < -0.39 is 0 Å².